The lowest BCUT2D eigenvalue weighted by atomic mass is 10.2. The number of carboxylic acids is 1. The number of thiazole rings is 1. The Hall–Kier alpha value is -1.15. The number of halogens is 1. The fraction of sp³-hybridized carbons (Fsp3) is 0.250. The minimum atomic E-state index is -0.827. The first-order valence-electron chi connectivity index (χ1n) is 5.82. The number of thioether (sulfide) groups is 1. The van der Waals surface area contributed by atoms with Gasteiger partial charge in [-0.1, -0.05) is 11.6 Å². The van der Waals surface area contributed by atoms with E-state index in [-0.39, 0.29) is 5.37 Å². The third-order valence-corrected chi connectivity index (χ3v) is 5.62. The van der Waals surface area contributed by atoms with Crippen LogP contribution in [0.15, 0.2) is 24.5 Å². The van der Waals surface area contributed by atoms with E-state index in [1.54, 1.807) is 24.2 Å². The van der Waals surface area contributed by atoms with Gasteiger partial charge in [-0.15, -0.1) is 23.1 Å². The monoisotopic (exact) mass is 327 g/mol. The van der Waals surface area contributed by atoms with Crippen molar-refractivity contribution in [3.05, 3.63) is 34.7 Å². The molecule has 1 aliphatic rings. The predicted octanol–water partition coefficient (Wildman–Crippen LogP) is 2.65. The Kier molecular flexibility index (Phi) is 3.93. The zero-order chi connectivity index (χ0) is 14.1. The summed E-state index contributed by atoms with van der Waals surface area (Å²) in [6.07, 6.45) is 3.39. The molecule has 1 fully saturated rings. The molecular formula is C12H10ClN3O2S2. The van der Waals surface area contributed by atoms with Crippen LogP contribution in [0.2, 0.25) is 5.15 Å². The van der Waals surface area contributed by atoms with Gasteiger partial charge in [0.25, 0.3) is 0 Å². The molecule has 2 unspecified atom stereocenters. The van der Waals surface area contributed by atoms with Gasteiger partial charge >= 0.3 is 5.97 Å². The molecule has 0 radical (unpaired) electrons. The van der Waals surface area contributed by atoms with Gasteiger partial charge in [-0.2, -0.15) is 0 Å². The fourth-order valence-corrected chi connectivity index (χ4v) is 4.46. The van der Waals surface area contributed by atoms with E-state index in [0.717, 1.165) is 15.4 Å². The van der Waals surface area contributed by atoms with Gasteiger partial charge in [-0.25, -0.2) is 9.97 Å². The van der Waals surface area contributed by atoms with E-state index in [9.17, 15) is 4.79 Å². The second-order valence-corrected chi connectivity index (χ2v) is 6.73. The summed E-state index contributed by atoms with van der Waals surface area (Å²) in [5, 5.41) is 13.2. The van der Waals surface area contributed by atoms with Crippen LogP contribution in [0, 0.1) is 0 Å². The maximum Gasteiger partial charge on any atom is 0.321 e. The van der Waals surface area contributed by atoms with Gasteiger partial charge in [0.05, 0.1) is 4.88 Å². The third kappa shape index (κ3) is 2.67. The standard InChI is InChI=1S/C12H10ClN3O2S2/c13-9-6(2-1-3-14-9)8-4-15-10(20-8)11-16-7(5-19-11)12(17)18/h1-4,7,11,16H,5H2,(H,17,18). The summed E-state index contributed by atoms with van der Waals surface area (Å²) in [6, 6.07) is 3.20. The summed E-state index contributed by atoms with van der Waals surface area (Å²) in [6.45, 7) is 0. The van der Waals surface area contributed by atoms with Crippen LogP contribution in [0.1, 0.15) is 10.4 Å². The summed E-state index contributed by atoms with van der Waals surface area (Å²) in [7, 11) is 0. The van der Waals surface area contributed by atoms with E-state index in [0.29, 0.717) is 10.9 Å². The number of aliphatic carboxylic acids is 1. The summed E-state index contributed by atoms with van der Waals surface area (Å²) in [5.74, 6) is -0.283. The summed E-state index contributed by atoms with van der Waals surface area (Å²) in [4.78, 5) is 20.3. The Morgan fingerprint density at radius 1 is 1.50 bits per heavy atom. The topological polar surface area (TPSA) is 75.1 Å². The lowest BCUT2D eigenvalue weighted by Crippen LogP contribution is -2.33. The molecule has 0 spiro atoms. The number of hydrogen-bond acceptors (Lipinski definition) is 6. The molecule has 1 saturated heterocycles. The average Bonchev–Trinajstić information content (AvgIpc) is 3.08. The van der Waals surface area contributed by atoms with Gasteiger partial charge in [-0.3, -0.25) is 10.1 Å². The van der Waals surface area contributed by atoms with Crippen molar-refractivity contribution in [2.24, 2.45) is 0 Å². The molecule has 2 aromatic rings. The van der Waals surface area contributed by atoms with Crippen molar-refractivity contribution in [1.82, 2.24) is 15.3 Å². The number of carbonyl (C=O) groups is 1. The highest BCUT2D eigenvalue weighted by Gasteiger charge is 2.32. The number of hydrogen-bond donors (Lipinski definition) is 2. The molecule has 0 aliphatic carbocycles. The van der Waals surface area contributed by atoms with Crippen molar-refractivity contribution in [3.63, 3.8) is 0 Å². The van der Waals surface area contributed by atoms with E-state index in [2.05, 4.69) is 15.3 Å². The zero-order valence-corrected chi connectivity index (χ0v) is 12.5. The SMILES string of the molecule is O=C(O)C1CSC(c2ncc(-c3cccnc3Cl)s2)N1. The van der Waals surface area contributed by atoms with Crippen molar-refractivity contribution >= 4 is 40.7 Å². The van der Waals surface area contributed by atoms with Gasteiger partial charge in [0.1, 0.15) is 21.6 Å². The van der Waals surface area contributed by atoms with Crippen molar-refractivity contribution < 1.29 is 9.90 Å². The summed E-state index contributed by atoms with van der Waals surface area (Å²) in [5.41, 5.74) is 0.843. The van der Waals surface area contributed by atoms with E-state index >= 15 is 0 Å². The smallest absolute Gasteiger partial charge is 0.321 e. The molecule has 2 N–H and O–H groups in total. The molecule has 104 valence electrons. The minimum Gasteiger partial charge on any atom is -0.480 e. The number of pyridine rings is 1. The highest BCUT2D eigenvalue weighted by molar-refractivity contribution is 7.99. The van der Waals surface area contributed by atoms with Crippen LogP contribution in [0.3, 0.4) is 0 Å². The first-order valence-corrected chi connectivity index (χ1v) is 8.06. The molecule has 1 aliphatic heterocycles. The van der Waals surface area contributed by atoms with Crippen molar-refractivity contribution in [2.45, 2.75) is 11.4 Å². The Morgan fingerprint density at radius 3 is 3.05 bits per heavy atom. The molecule has 20 heavy (non-hydrogen) atoms. The van der Waals surface area contributed by atoms with Gasteiger partial charge in [0.15, 0.2) is 0 Å². The van der Waals surface area contributed by atoms with Crippen LogP contribution >= 0.6 is 34.7 Å². The van der Waals surface area contributed by atoms with Gasteiger partial charge in [0, 0.05) is 23.7 Å². The molecule has 0 aromatic carbocycles. The number of nitrogens with zero attached hydrogens (tertiary/aromatic N) is 2. The molecule has 8 heteroatoms. The Balaban J connectivity index is 1.81. The normalized spacial score (nSPS) is 22.1. The van der Waals surface area contributed by atoms with E-state index in [1.807, 2.05) is 12.1 Å². The maximum atomic E-state index is 10.9. The van der Waals surface area contributed by atoms with E-state index in [4.69, 9.17) is 16.7 Å². The lowest BCUT2D eigenvalue weighted by Gasteiger charge is -2.06. The second-order valence-electron chi connectivity index (χ2n) is 4.18. The minimum absolute atomic E-state index is 0.0784. The summed E-state index contributed by atoms with van der Waals surface area (Å²) >= 11 is 9.11. The van der Waals surface area contributed by atoms with Gasteiger partial charge < -0.3 is 5.11 Å². The van der Waals surface area contributed by atoms with Crippen LogP contribution in [0.4, 0.5) is 0 Å². The Morgan fingerprint density at radius 2 is 2.35 bits per heavy atom. The van der Waals surface area contributed by atoms with Crippen molar-refractivity contribution in [3.8, 4) is 10.4 Å². The summed E-state index contributed by atoms with van der Waals surface area (Å²) < 4.78 is 0. The third-order valence-electron chi connectivity index (χ3n) is 2.85. The van der Waals surface area contributed by atoms with Crippen LogP contribution < -0.4 is 5.32 Å². The highest BCUT2D eigenvalue weighted by Crippen LogP contribution is 2.38. The average molecular weight is 328 g/mol. The molecule has 5 nitrogen and oxygen atoms in total. The van der Waals surface area contributed by atoms with E-state index in [1.165, 1.54) is 11.3 Å². The van der Waals surface area contributed by atoms with Crippen molar-refractivity contribution in [2.75, 3.05) is 5.75 Å². The molecule has 0 amide bonds. The molecule has 3 rings (SSSR count). The zero-order valence-electron chi connectivity index (χ0n) is 10.1. The number of aromatic nitrogens is 2. The Labute approximate surface area is 128 Å². The Bertz CT molecular complexity index is 649. The molecule has 0 saturated carbocycles. The number of rotatable bonds is 3. The molecular weight excluding hydrogens is 318 g/mol. The van der Waals surface area contributed by atoms with Gasteiger partial charge in [0.2, 0.25) is 0 Å². The fourth-order valence-electron chi connectivity index (χ4n) is 1.86. The van der Waals surface area contributed by atoms with Crippen LogP contribution in [-0.4, -0.2) is 32.8 Å². The number of carboxylic acid groups (broad SMARTS) is 1. The second kappa shape index (κ2) is 5.69. The number of nitrogens with one attached hydrogen (secondary N) is 1. The predicted molar refractivity (Wildman–Crippen MR) is 80.1 cm³/mol. The van der Waals surface area contributed by atoms with Crippen LogP contribution in [0.25, 0.3) is 10.4 Å². The van der Waals surface area contributed by atoms with Crippen LogP contribution in [-0.2, 0) is 4.79 Å². The first-order chi connectivity index (χ1) is 9.65. The largest absolute Gasteiger partial charge is 0.480 e. The molecule has 2 atom stereocenters. The van der Waals surface area contributed by atoms with Gasteiger partial charge in [-0.05, 0) is 12.1 Å². The molecule has 2 aromatic heterocycles. The molecule has 0 bridgehead atoms. The van der Waals surface area contributed by atoms with E-state index < -0.39 is 12.0 Å². The first kappa shape index (κ1) is 13.8. The maximum absolute atomic E-state index is 10.9. The lowest BCUT2D eigenvalue weighted by molar-refractivity contribution is -0.138. The molecule has 3 heterocycles. The quantitative estimate of drug-likeness (QED) is 0.844. The van der Waals surface area contributed by atoms with Crippen LogP contribution in [0.5, 0.6) is 0 Å². The highest BCUT2D eigenvalue weighted by atomic mass is 35.5. The van der Waals surface area contributed by atoms with Crippen molar-refractivity contribution in [1.29, 1.82) is 0 Å².